The number of thiol groups is 1. The zero-order chi connectivity index (χ0) is 5.54. The first kappa shape index (κ1) is 22.6. The predicted octanol–water partition coefficient (Wildman–Crippen LogP) is -1.19. The fraction of sp³-hybridized carbons (Fsp3) is 1.00. The predicted molar refractivity (Wildman–Crippen MR) is 42.9 cm³/mol. The van der Waals surface area contributed by atoms with Crippen molar-refractivity contribution in [2.24, 2.45) is 5.73 Å². The van der Waals surface area contributed by atoms with E-state index in [4.69, 9.17) is 5.73 Å². The minimum absolute atomic E-state index is 0. The Bertz CT molecular complexity index is 38.4. The molecule has 6 heteroatoms. The van der Waals surface area contributed by atoms with E-state index in [0.29, 0.717) is 6.54 Å². The first-order valence-corrected chi connectivity index (χ1v) is 2.98. The van der Waals surface area contributed by atoms with Crippen LogP contribution in [0.25, 0.3) is 0 Å². The summed E-state index contributed by atoms with van der Waals surface area (Å²) in [6.45, 7) is 2.50. The maximum atomic E-state index is 5.17. The smallest absolute Gasteiger partial charge is 0.00737 e. The number of nitrogens with two attached hydrogens (primary N) is 1. The van der Waals surface area contributed by atoms with Gasteiger partial charge in [-0.15, -0.1) is 0 Å². The summed E-state index contributed by atoms with van der Waals surface area (Å²) in [5.41, 5.74) is 5.17. The molecule has 0 heterocycles. The van der Waals surface area contributed by atoms with Crippen LogP contribution in [-0.4, -0.2) is 25.4 Å². The van der Waals surface area contributed by atoms with Gasteiger partial charge in [-0.05, 0) is 6.54 Å². The normalized spacial score (nSPS) is 6.60. The number of hydrogen-bond acceptors (Lipinski definition) is 4. The summed E-state index contributed by atoms with van der Waals surface area (Å²) in [5.74, 6) is 0.778. The van der Waals surface area contributed by atoms with Gasteiger partial charge in [-0.25, -0.2) is 0 Å². The molecular formula is C4H12N2S2Zn2-2. The van der Waals surface area contributed by atoms with E-state index < -0.39 is 0 Å². The molecule has 0 spiro atoms. The second-order valence-electron chi connectivity index (χ2n) is 1.24. The van der Waals surface area contributed by atoms with E-state index in [-0.39, 0.29) is 52.5 Å². The Morgan fingerprint density at radius 3 is 2.00 bits per heavy atom. The van der Waals surface area contributed by atoms with Crippen LogP contribution < -0.4 is 11.1 Å². The van der Waals surface area contributed by atoms with Crippen molar-refractivity contribution in [3.8, 4) is 0 Å². The second-order valence-corrected chi connectivity index (χ2v) is 1.65. The van der Waals surface area contributed by atoms with Crippen molar-refractivity contribution in [2.45, 2.75) is 0 Å². The van der Waals surface area contributed by atoms with E-state index in [9.17, 15) is 0 Å². The van der Waals surface area contributed by atoms with Crippen LogP contribution in [0.1, 0.15) is 0 Å². The van der Waals surface area contributed by atoms with Crippen molar-refractivity contribution in [3.63, 3.8) is 0 Å². The molecule has 0 atom stereocenters. The molecule has 0 aromatic rings. The van der Waals surface area contributed by atoms with Gasteiger partial charge in [0.1, 0.15) is 0 Å². The van der Waals surface area contributed by atoms with Crippen LogP contribution in [0.3, 0.4) is 0 Å². The van der Waals surface area contributed by atoms with Crippen molar-refractivity contribution < 1.29 is 39.0 Å². The Kier molecular flexibility index (Phi) is 50.8. The molecule has 0 radical (unpaired) electrons. The molecule has 0 amide bonds. The van der Waals surface area contributed by atoms with Gasteiger partial charge in [-0.1, -0.05) is 0 Å². The quantitative estimate of drug-likeness (QED) is 0.294. The molecule has 0 aromatic heterocycles. The largest absolute Gasteiger partial charge is 0.813 e. The first-order valence-electron chi connectivity index (χ1n) is 2.40. The minimum Gasteiger partial charge on any atom is -0.813 e. The van der Waals surface area contributed by atoms with Crippen molar-refractivity contribution >= 4 is 26.1 Å². The van der Waals surface area contributed by atoms with Gasteiger partial charge >= 0.3 is 0 Å². The standard InChI is InChI=1S/C4H12N2S.H2S.2Zn/c5-1-2-6-3-4-7;;;/h6-7H,1-5H2;1H2;;/p-2. The fourth-order valence-corrected chi connectivity index (χ4v) is 0.444. The molecule has 0 unspecified atom stereocenters. The van der Waals surface area contributed by atoms with Crippen LogP contribution in [0.4, 0.5) is 0 Å². The number of hydrogen-bond donors (Lipinski definition) is 2. The maximum absolute atomic E-state index is 5.17. The van der Waals surface area contributed by atoms with Gasteiger partial charge in [0.15, 0.2) is 0 Å². The van der Waals surface area contributed by atoms with Crippen LogP contribution >= 0.6 is 0 Å². The van der Waals surface area contributed by atoms with Crippen LogP contribution in [-0.2, 0) is 65.1 Å². The van der Waals surface area contributed by atoms with Gasteiger partial charge in [-0.2, -0.15) is 5.75 Å². The Morgan fingerprint density at radius 1 is 1.20 bits per heavy atom. The first-order chi connectivity index (χ1) is 3.41. The molecule has 0 fully saturated rings. The second kappa shape index (κ2) is 22.4. The van der Waals surface area contributed by atoms with E-state index in [2.05, 4.69) is 17.9 Å². The van der Waals surface area contributed by atoms with E-state index in [1.165, 1.54) is 0 Å². The van der Waals surface area contributed by atoms with Gasteiger partial charge in [-0.3, -0.25) is 0 Å². The Labute approximate surface area is 101 Å². The molecule has 0 rings (SSSR count). The van der Waals surface area contributed by atoms with Gasteiger partial charge in [0.05, 0.1) is 0 Å². The van der Waals surface area contributed by atoms with E-state index in [0.717, 1.165) is 18.8 Å². The Hall–Kier alpha value is 1.87. The van der Waals surface area contributed by atoms with Crippen molar-refractivity contribution in [1.29, 1.82) is 0 Å². The summed E-state index contributed by atoms with van der Waals surface area (Å²) in [7, 11) is 0. The van der Waals surface area contributed by atoms with Crippen LogP contribution in [0, 0.1) is 0 Å². The Balaban J connectivity index is -0.0000000600. The number of nitrogens with one attached hydrogen (secondary N) is 1. The molecule has 56 valence electrons. The topological polar surface area (TPSA) is 38.0 Å². The molecule has 0 aliphatic carbocycles. The van der Waals surface area contributed by atoms with E-state index in [1.807, 2.05) is 0 Å². The zero-order valence-corrected chi connectivity index (χ0v) is 13.8. The molecule has 0 aliphatic heterocycles. The summed E-state index contributed by atoms with van der Waals surface area (Å²) in [4.78, 5) is 0. The Morgan fingerprint density at radius 2 is 1.70 bits per heavy atom. The summed E-state index contributed by atoms with van der Waals surface area (Å²) >= 11 is 4.66. The van der Waals surface area contributed by atoms with E-state index >= 15 is 0 Å². The summed E-state index contributed by atoms with van der Waals surface area (Å²) in [6, 6.07) is 0. The fourth-order valence-electron chi connectivity index (χ4n) is 0.299. The van der Waals surface area contributed by atoms with Crippen molar-refractivity contribution in [2.75, 3.05) is 25.4 Å². The molecule has 2 nitrogen and oxygen atoms in total. The van der Waals surface area contributed by atoms with Crippen molar-refractivity contribution in [1.82, 2.24) is 5.32 Å². The monoisotopic (exact) mass is 280 g/mol. The SMILES string of the molecule is NCCNCC[S-].[SH-].[Zn].[Zn]. The third-order valence-corrected chi connectivity index (χ3v) is 0.804. The molecule has 10 heavy (non-hydrogen) atoms. The minimum atomic E-state index is 0. The molecule has 0 aromatic carbocycles. The van der Waals surface area contributed by atoms with Gasteiger partial charge in [0, 0.05) is 52.0 Å². The summed E-state index contributed by atoms with van der Waals surface area (Å²) in [6.07, 6.45) is 0. The summed E-state index contributed by atoms with van der Waals surface area (Å²) < 4.78 is 0. The number of rotatable bonds is 4. The average molecular weight is 283 g/mol. The van der Waals surface area contributed by atoms with Crippen LogP contribution in [0.2, 0.25) is 0 Å². The maximum Gasteiger partial charge on any atom is 0.00737 e. The zero-order valence-electron chi connectivity index (χ0n) is 6.18. The van der Waals surface area contributed by atoms with Crippen LogP contribution in [0.5, 0.6) is 0 Å². The van der Waals surface area contributed by atoms with Gasteiger partial charge in [0.25, 0.3) is 0 Å². The molecular weight excluding hydrogens is 271 g/mol. The van der Waals surface area contributed by atoms with Crippen LogP contribution in [0.15, 0.2) is 0 Å². The molecule has 0 saturated carbocycles. The van der Waals surface area contributed by atoms with Crippen molar-refractivity contribution in [3.05, 3.63) is 0 Å². The average Bonchev–Trinajstić information content (AvgIpc) is 1.69. The molecule has 0 aliphatic rings. The summed E-state index contributed by atoms with van der Waals surface area (Å²) in [5, 5.41) is 3.06. The van der Waals surface area contributed by atoms with E-state index in [1.54, 1.807) is 0 Å². The third-order valence-electron chi connectivity index (χ3n) is 0.600. The molecule has 0 saturated heterocycles. The van der Waals surface area contributed by atoms with Gasteiger partial charge in [0.2, 0.25) is 0 Å². The molecule has 3 N–H and O–H groups in total. The third kappa shape index (κ3) is 22.5. The molecule has 0 bridgehead atoms. The van der Waals surface area contributed by atoms with Gasteiger partial charge < -0.3 is 37.2 Å².